The lowest BCUT2D eigenvalue weighted by Gasteiger charge is -2.48. The van der Waals surface area contributed by atoms with Crippen molar-refractivity contribution in [3.05, 3.63) is 65.2 Å². The molecule has 0 aromatic heterocycles. The Morgan fingerprint density at radius 3 is 2.53 bits per heavy atom. The quantitative estimate of drug-likeness (QED) is 0.449. The number of carbonyl (C=O) groups is 1. The minimum Gasteiger partial charge on any atom is -0.487 e. The average Bonchev–Trinajstić information content (AvgIpc) is 2.90. The van der Waals surface area contributed by atoms with Crippen molar-refractivity contribution in [1.82, 2.24) is 10.6 Å². The van der Waals surface area contributed by atoms with E-state index in [4.69, 9.17) is 4.74 Å². The normalized spacial score (nSPS) is 22.7. The Morgan fingerprint density at radius 1 is 1.06 bits per heavy atom. The lowest BCUT2D eigenvalue weighted by atomic mass is 9.72. The molecule has 5 heteroatoms. The van der Waals surface area contributed by atoms with E-state index in [1.807, 2.05) is 18.2 Å². The molecular formula is C31H42N2O3. The van der Waals surface area contributed by atoms with E-state index >= 15 is 0 Å². The zero-order valence-corrected chi connectivity index (χ0v) is 21.7. The van der Waals surface area contributed by atoms with E-state index in [2.05, 4.69) is 47.9 Å². The molecule has 1 aliphatic heterocycles. The molecule has 0 bridgehead atoms. The van der Waals surface area contributed by atoms with Gasteiger partial charge < -0.3 is 20.5 Å². The number of benzene rings is 2. The van der Waals surface area contributed by atoms with Crippen LogP contribution in [0.5, 0.6) is 5.75 Å². The highest BCUT2D eigenvalue weighted by molar-refractivity contribution is 5.79. The van der Waals surface area contributed by atoms with Gasteiger partial charge in [-0.2, -0.15) is 0 Å². The van der Waals surface area contributed by atoms with Crippen molar-refractivity contribution in [2.45, 2.75) is 101 Å². The molecule has 2 aliphatic carbocycles. The minimum absolute atomic E-state index is 0.0675. The van der Waals surface area contributed by atoms with Crippen LogP contribution in [0.4, 0.5) is 0 Å². The number of nitrogens with one attached hydrogen (secondary N) is 2. The summed E-state index contributed by atoms with van der Waals surface area (Å²) in [5.74, 6) is 1.16. The van der Waals surface area contributed by atoms with Crippen molar-refractivity contribution >= 4 is 5.91 Å². The van der Waals surface area contributed by atoms with E-state index in [0.717, 1.165) is 62.7 Å². The first-order valence-electron chi connectivity index (χ1n) is 14.1. The second-order valence-corrected chi connectivity index (χ2v) is 11.2. The monoisotopic (exact) mass is 490 g/mol. The van der Waals surface area contributed by atoms with Crippen LogP contribution in [0.2, 0.25) is 0 Å². The Balaban J connectivity index is 1.29. The standard InChI is InChI=1S/C31H42N2O3/c1-2-22-14-15-29-25(18-22)27(20-31(36-29)16-9-17-31)32-21-28(34)26(19-23-10-5-3-6-11-23)33-30(35)24-12-7-4-8-13-24/h3,5-6,10-11,14-15,18,24,26-28,32,34H,2,4,7-9,12-13,16-17,19-21H2,1H3,(H,33,35)/t26-,27?,28+/m0/s1. The van der Waals surface area contributed by atoms with E-state index in [0.29, 0.717) is 13.0 Å². The van der Waals surface area contributed by atoms with Crippen molar-refractivity contribution < 1.29 is 14.6 Å². The van der Waals surface area contributed by atoms with Gasteiger partial charge in [-0.15, -0.1) is 0 Å². The van der Waals surface area contributed by atoms with Crippen LogP contribution < -0.4 is 15.4 Å². The maximum absolute atomic E-state index is 13.1. The first-order valence-corrected chi connectivity index (χ1v) is 14.1. The summed E-state index contributed by atoms with van der Waals surface area (Å²) in [4.78, 5) is 13.1. The molecule has 5 nitrogen and oxygen atoms in total. The third-order valence-corrected chi connectivity index (χ3v) is 8.67. The number of carbonyl (C=O) groups excluding carboxylic acids is 1. The van der Waals surface area contributed by atoms with Gasteiger partial charge in [-0.1, -0.05) is 68.7 Å². The predicted molar refractivity (Wildman–Crippen MR) is 143 cm³/mol. The molecule has 0 saturated heterocycles. The number of ether oxygens (including phenoxy) is 1. The third-order valence-electron chi connectivity index (χ3n) is 8.67. The number of amides is 1. The second-order valence-electron chi connectivity index (χ2n) is 11.2. The third kappa shape index (κ3) is 5.78. The van der Waals surface area contributed by atoms with Crippen LogP contribution in [0.3, 0.4) is 0 Å². The summed E-state index contributed by atoms with van der Waals surface area (Å²) in [6.45, 7) is 2.60. The van der Waals surface area contributed by atoms with E-state index < -0.39 is 6.10 Å². The van der Waals surface area contributed by atoms with Crippen molar-refractivity contribution in [1.29, 1.82) is 0 Å². The number of rotatable bonds is 9. The molecule has 1 amide bonds. The molecule has 36 heavy (non-hydrogen) atoms. The summed E-state index contributed by atoms with van der Waals surface area (Å²) in [5.41, 5.74) is 3.56. The van der Waals surface area contributed by atoms with Gasteiger partial charge in [0.15, 0.2) is 0 Å². The fourth-order valence-electron chi connectivity index (χ4n) is 6.22. The molecule has 2 aromatic rings. The maximum atomic E-state index is 13.1. The highest BCUT2D eigenvalue weighted by Gasteiger charge is 2.45. The van der Waals surface area contributed by atoms with Gasteiger partial charge in [0.2, 0.25) is 5.91 Å². The van der Waals surface area contributed by atoms with Crippen LogP contribution in [-0.2, 0) is 17.6 Å². The number of fused-ring (bicyclic) bond motifs is 1. The zero-order valence-electron chi connectivity index (χ0n) is 21.7. The molecular weight excluding hydrogens is 448 g/mol. The first kappa shape index (κ1) is 25.3. The number of aryl methyl sites for hydroxylation is 1. The smallest absolute Gasteiger partial charge is 0.223 e. The van der Waals surface area contributed by atoms with Gasteiger partial charge in [0, 0.05) is 30.5 Å². The molecule has 1 spiro atoms. The molecule has 2 saturated carbocycles. The molecule has 3 atom stereocenters. The van der Waals surface area contributed by atoms with E-state index in [9.17, 15) is 9.90 Å². The van der Waals surface area contributed by atoms with Crippen LogP contribution in [0.15, 0.2) is 48.5 Å². The molecule has 3 N–H and O–H groups in total. The van der Waals surface area contributed by atoms with Crippen LogP contribution in [0.25, 0.3) is 0 Å². The summed E-state index contributed by atoms with van der Waals surface area (Å²) in [6, 6.07) is 16.5. The molecule has 3 aliphatic rings. The minimum atomic E-state index is -0.685. The van der Waals surface area contributed by atoms with Crippen LogP contribution in [-0.4, -0.2) is 35.3 Å². The molecule has 1 heterocycles. The van der Waals surface area contributed by atoms with Gasteiger partial charge in [0.25, 0.3) is 0 Å². The van der Waals surface area contributed by atoms with Crippen LogP contribution in [0.1, 0.15) is 87.4 Å². The lowest BCUT2D eigenvalue weighted by molar-refractivity contribution is -0.127. The Morgan fingerprint density at radius 2 is 1.83 bits per heavy atom. The first-order chi connectivity index (χ1) is 17.5. The largest absolute Gasteiger partial charge is 0.487 e. The topological polar surface area (TPSA) is 70.6 Å². The van der Waals surface area contributed by atoms with Gasteiger partial charge in [-0.25, -0.2) is 0 Å². The number of aliphatic hydroxyl groups is 1. The number of hydrogen-bond acceptors (Lipinski definition) is 4. The fraction of sp³-hybridized carbons (Fsp3) is 0.581. The van der Waals surface area contributed by atoms with Crippen LogP contribution >= 0.6 is 0 Å². The number of aliphatic hydroxyl groups excluding tert-OH is 1. The molecule has 194 valence electrons. The van der Waals surface area contributed by atoms with E-state index in [-0.39, 0.29) is 29.5 Å². The van der Waals surface area contributed by atoms with Gasteiger partial charge >= 0.3 is 0 Å². The fourth-order valence-corrected chi connectivity index (χ4v) is 6.22. The van der Waals surface area contributed by atoms with E-state index in [1.54, 1.807) is 0 Å². The summed E-state index contributed by atoms with van der Waals surface area (Å²) in [5, 5.41) is 18.3. The highest BCUT2D eigenvalue weighted by Crippen LogP contribution is 2.49. The van der Waals surface area contributed by atoms with Gasteiger partial charge in [-0.3, -0.25) is 4.79 Å². The number of hydrogen-bond donors (Lipinski definition) is 3. The summed E-state index contributed by atoms with van der Waals surface area (Å²) in [6.07, 6.45) is 10.6. The Labute approximate surface area is 216 Å². The Bertz CT molecular complexity index is 1010. The molecule has 0 radical (unpaired) electrons. The second kappa shape index (κ2) is 11.4. The zero-order chi connectivity index (χ0) is 25.0. The summed E-state index contributed by atoms with van der Waals surface area (Å²) in [7, 11) is 0. The molecule has 1 unspecified atom stereocenters. The van der Waals surface area contributed by atoms with Crippen molar-refractivity contribution in [3.63, 3.8) is 0 Å². The maximum Gasteiger partial charge on any atom is 0.223 e. The van der Waals surface area contributed by atoms with Gasteiger partial charge in [0.1, 0.15) is 11.4 Å². The molecule has 5 rings (SSSR count). The molecule has 2 fully saturated rings. The summed E-state index contributed by atoms with van der Waals surface area (Å²) >= 11 is 0. The Kier molecular flexibility index (Phi) is 7.97. The summed E-state index contributed by atoms with van der Waals surface area (Å²) < 4.78 is 6.48. The van der Waals surface area contributed by atoms with Gasteiger partial charge in [0.05, 0.1) is 12.1 Å². The SMILES string of the molecule is CCc1ccc2c(c1)C(NC[C@@H](O)[C@H](Cc1ccccc1)NC(=O)C1CCCCC1)CC1(CCC1)O2. The Hall–Kier alpha value is -2.37. The highest BCUT2D eigenvalue weighted by atomic mass is 16.5. The lowest BCUT2D eigenvalue weighted by Crippen LogP contribution is -2.53. The van der Waals surface area contributed by atoms with Gasteiger partial charge in [-0.05, 0) is 62.1 Å². The van der Waals surface area contributed by atoms with Crippen molar-refractivity contribution in [2.75, 3.05) is 6.54 Å². The molecule has 2 aromatic carbocycles. The predicted octanol–water partition coefficient (Wildman–Crippen LogP) is 5.25. The van der Waals surface area contributed by atoms with Crippen LogP contribution in [0, 0.1) is 5.92 Å². The van der Waals surface area contributed by atoms with Crippen molar-refractivity contribution in [3.8, 4) is 5.75 Å². The van der Waals surface area contributed by atoms with Crippen molar-refractivity contribution in [2.24, 2.45) is 5.92 Å². The van der Waals surface area contributed by atoms with E-state index in [1.165, 1.54) is 24.0 Å². The average molecular weight is 491 g/mol.